The molecule has 0 spiro atoms. The molecule has 2 aromatic rings. The molecule has 3 heterocycles. The lowest BCUT2D eigenvalue weighted by atomic mass is 9.52. The Bertz CT molecular complexity index is 1290. The Kier molecular flexibility index (Phi) is 6.29. The van der Waals surface area contributed by atoms with E-state index in [0.717, 1.165) is 47.7 Å². The topological polar surface area (TPSA) is 105 Å². The number of primary amides is 1. The zero-order valence-electron chi connectivity index (χ0n) is 21.8. The number of nitrogens with zero attached hydrogens (tertiary/aromatic N) is 4. The van der Waals surface area contributed by atoms with E-state index in [1.165, 1.54) is 12.8 Å². The van der Waals surface area contributed by atoms with Crippen molar-refractivity contribution in [3.05, 3.63) is 52.8 Å². The van der Waals surface area contributed by atoms with Gasteiger partial charge < -0.3 is 15.7 Å². The van der Waals surface area contributed by atoms with Crippen LogP contribution in [0.2, 0.25) is 0 Å². The minimum Gasteiger partial charge on any atom is -0.387 e. The summed E-state index contributed by atoms with van der Waals surface area (Å²) in [6.45, 7) is 2.64. The molecule has 3 fully saturated rings. The normalized spacial score (nSPS) is 28.9. The lowest BCUT2D eigenvalue weighted by Gasteiger charge is -2.61. The largest absolute Gasteiger partial charge is 0.419 e. The highest BCUT2D eigenvalue weighted by Gasteiger charge is 2.63. The Morgan fingerprint density at radius 2 is 1.87 bits per heavy atom. The van der Waals surface area contributed by atoms with Gasteiger partial charge in [-0.3, -0.25) is 19.2 Å². The van der Waals surface area contributed by atoms with E-state index in [9.17, 15) is 27.9 Å². The molecule has 2 aliphatic carbocycles. The van der Waals surface area contributed by atoms with E-state index in [0.29, 0.717) is 43.8 Å². The van der Waals surface area contributed by atoms with Crippen molar-refractivity contribution in [3.63, 3.8) is 0 Å². The number of amides is 2. The van der Waals surface area contributed by atoms with Gasteiger partial charge in [-0.15, -0.1) is 0 Å². The molecule has 6 rings (SSSR count). The first-order valence-corrected chi connectivity index (χ1v) is 13.8. The van der Waals surface area contributed by atoms with Gasteiger partial charge in [0.05, 0.1) is 17.4 Å². The maximum absolute atomic E-state index is 13.2. The maximum Gasteiger partial charge on any atom is 0.419 e. The zero-order chi connectivity index (χ0) is 27.6. The van der Waals surface area contributed by atoms with E-state index < -0.39 is 28.7 Å². The van der Waals surface area contributed by atoms with Gasteiger partial charge >= 0.3 is 6.18 Å². The van der Waals surface area contributed by atoms with Crippen LogP contribution in [0.15, 0.2) is 30.6 Å². The quantitative estimate of drug-likeness (QED) is 0.581. The van der Waals surface area contributed by atoms with Gasteiger partial charge in [0.1, 0.15) is 0 Å². The van der Waals surface area contributed by atoms with Crippen LogP contribution < -0.4 is 5.73 Å². The van der Waals surface area contributed by atoms with Gasteiger partial charge in [-0.05, 0) is 74.2 Å². The number of piperidine rings is 1. The van der Waals surface area contributed by atoms with Crippen LogP contribution in [0.25, 0.3) is 0 Å². The number of hydrogen-bond acceptors (Lipinski definition) is 5. The Hall–Kier alpha value is -2.92. The average Bonchev–Trinajstić information content (AvgIpc) is 3.60. The van der Waals surface area contributed by atoms with Gasteiger partial charge in [0.2, 0.25) is 11.8 Å². The number of nitrogens with two attached hydrogens (primary N) is 1. The van der Waals surface area contributed by atoms with E-state index in [2.05, 4.69) is 10.00 Å². The Morgan fingerprint density at radius 3 is 2.56 bits per heavy atom. The number of hydrogen-bond donors (Lipinski definition) is 2. The molecule has 3 atom stereocenters. The van der Waals surface area contributed by atoms with Gasteiger partial charge in [0.15, 0.2) is 0 Å². The average molecular weight is 546 g/mol. The third-order valence-electron chi connectivity index (χ3n) is 9.60. The summed E-state index contributed by atoms with van der Waals surface area (Å²) in [6.07, 6.45) is 1.98. The van der Waals surface area contributed by atoms with E-state index in [1.807, 2.05) is 12.1 Å². The first kappa shape index (κ1) is 26.3. The third kappa shape index (κ3) is 4.53. The molecule has 0 radical (unpaired) electrons. The van der Waals surface area contributed by atoms with Crippen LogP contribution >= 0.6 is 0 Å². The predicted octanol–water partition coefficient (Wildman–Crippen LogP) is 2.72. The first-order chi connectivity index (χ1) is 18.5. The predicted molar refractivity (Wildman–Crippen MR) is 136 cm³/mol. The van der Waals surface area contributed by atoms with Gasteiger partial charge in [-0.25, -0.2) is 0 Å². The van der Waals surface area contributed by atoms with E-state index >= 15 is 0 Å². The molecule has 8 nitrogen and oxygen atoms in total. The van der Waals surface area contributed by atoms with E-state index in [-0.39, 0.29) is 24.9 Å². The highest BCUT2D eigenvalue weighted by atomic mass is 19.4. The van der Waals surface area contributed by atoms with Crippen molar-refractivity contribution >= 4 is 11.8 Å². The molecule has 2 bridgehead atoms. The van der Waals surface area contributed by atoms with Crippen molar-refractivity contribution in [2.45, 2.75) is 74.7 Å². The second kappa shape index (κ2) is 9.33. The number of alkyl halides is 3. The van der Waals surface area contributed by atoms with Crippen LogP contribution in [-0.2, 0) is 29.4 Å². The van der Waals surface area contributed by atoms with Crippen LogP contribution in [0.4, 0.5) is 13.2 Å². The highest BCUT2D eigenvalue weighted by molar-refractivity contribution is 5.93. The van der Waals surface area contributed by atoms with Crippen molar-refractivity contribution in [2.75, 3.05) is 26.2 Å². The van der Waals surface area contributed by atoms with E-state index in [1.54, 1.807) is 11.0 Å². The molecule has 210 valence electrons. The lowest BCUT2D eigenvalue weighted by Crippen LogP contribution is -2.71. The maximum atomic E-state index is 13.2. The number of aliphatic hydroxyl groups is 1. The van der Waals surface area contributed by atoms with Gasteiger partial charge in [-0.1, -0.05) is 6.07 Å². The van der Waals surface area contributed by atoms with Crippen LogP contribution in [-0.4, -0.2) is 74.3 Å². The molecule has 11 heteroatoms. The second-order valence-corrected chi connectivity index (χ2v) is 11.8. The molecule has 1 saturated carbocycles. The molecule has 2 saturated heterocycles. The minimum absolute atomic E-state index is 0.0179. The first-order valence-electron chi connectivity index (χ1n) is 13.8. The molecule has 2 amide bonds. The summed E-state index contributed by atoms with van der Waals surface area (Å²) in [5.41, 5.74) is 5.59. The van der Waals surface area contributed by atoms with Crippen LogP contribution in [0.3, 0.4) is 0 Å². The van der Waals surface area contributed by atoms with Gasteiger partial charge in [0.25, 0.3) is 0 Å². The molecule has 1 aromatic heterocycles. The Balaban J connectivity index is 1.26. The van der Waals surface area contributed by atoms with Gasteiger partial charge in [0, 0.05) is 55.8 Å². The number of fused-ring (bicyclic) bond motifs is 1. The van der Waals surface area contributed by atoms with Crippen LogP contribution in [0.1, 0.15) is 65.6 Å². The summed E-state index contributed by atoms with van der Waals surface area (Å²) in [7, 11) is 0. The number of aryl methyl sites for hydroxylation is 1. The number of benzene rings is 1. The summed E-state index contributed by atoms with van der Waals surface area (Å²) in [5, 5.41) is 16.3. The van der Waals surface area contributed by atoms with Crippen molar-refractivity contribution in [1.29, 1.82) is 0 Å². The van der Waals surface area contributed by atoms with E-state index in [4.69, 9.17) is 5.73 Å². The lowest BCUT2D eigenvalue weighted by molar-refractivity contribution is -0.149. The summed E-state index contributed by atoms with van der Waals surface area (Å²) in [5.74, 6) is -0.0132. The van der Waals surface area contributed by atoms with Crippen LogP contribution in [0, 0.1) is 5.92 Å². The minimum atomic E-state index is -4.48. The highest BCUT2D eigenvalue weighted by Crippen LogP contribution is 2.56. The molecule has 2 aliphatic heterocycles. The fourth-order valence-corrected chi connectivity index (χ4v) is 7.28. The monoisotopic (exact) mass is 545 g/mol. The summed E-state index contributed by atoms with van der Waals surface area (Å²) < 4.78 is 39.9. The smallest absolute Gasteiger partial charge is 0.387 e. The number of aromatic nitrogens is 2. The molecule has 3 N–H and O–H groups in total. The van der Waals surface area contributed by atoms with Crippen molar-refractivity contribution in [2.24, 2.45) is 11.7 Å². The van der Waals surface area contributed by atoms with Crippen LogP contribution in [0.5, 0.6) is 0 Å². The SMILES string of the molecule is NC(=O)c1ccc2c(c1)[C@@]13CCN(C(=O)CCn4cc(C(F)(F)F)cn4)CC[C@@]1(O)[C@@H](C2)N(CC1CC1)CC3. The van der Waals surface area contributed by atoms with Crippen molar-refractivity contribution in [3.8, 4) is 0 Å². The molecular weight excluding hydrogens is 511 g/mol. The Morgan fingerprint density at radius 1 is 1.13 bits per heavy atom. The third-order valence-corrected chi connectivity index (χ3v) is 9.60. The number of rotatable bonds is 6. The number of carbonyl (C=O) groups excluding carboxylic acids is 2. The summed E-state index contributed by atoms with van der Waals surface area (Å²) >= 11 is 0. The van der Waals surface area contributed by atoms with Crippen molar-refractivity contribution in [1.82, 2.24) is 19.6 Å². The van der Waals surface area contributed by atoms with Gasteiger partial charge in [-0.2, -0.15) is 18.3 Å². The fourth-order valence-electron chi connectivity index (χ4n) is 7.28. The number of halogens is 3. The number of carbonyl (C=O) groups is 2. The summed E-state index contributed by atoms with van der Waals surface area (Å²) in [6, 6.07) is 5.49. The van der Waals surface area contributed by atoms with Crippen molar-refractivity contribution < 1.29 is 27.9 Å². The molecule has 1 aromatic carbocycles. The summed E-state index contributed by atoms with van der Waals surface area (Å²) in [4.78, 5) is 29.5. The Labute approximate surface area is 224 Å². The molecule has 0 unspecified atom stereocenters. The number of likely N-dealkylation sites (tertiary alicyclic amines) is 2. The standard InChI is InChI=1S/C28H34F3N5O3/c29-28(30,31)21-15-33-36(17-21)9-5-24(37)34-10-6-26-7-11-35(16-18-1-2-18)23(27(26,39)8-12-34)14-19-3-4-20(25(32)38)13-22(19)26/h3-4,13,15,17-18,23,39H,1-2,5-12,14,16H2,(H2,32,38)/t23-,26+,27-/m1/s1. The molecule has 4 aliphatic rings. The second-order valence-electron chi connectivity index (χ2n) is 11.8. The zero-order valence-corrected chi connectivity index (χ0v) is 21.8. The fraction of sp³-hybridized carbons (Fsp3) is 0.607. The molecular formula is C28H34F3N5O3. The molecule has 39 heavy (non-hydrogen) atoms.